The summed E-state index contributed by atoms with van der Waals surface area (Å²) in [6.45, 7) is 5.41. The predicted molar refractivity (Wildman–Crippen MR) is 67.5 cm³/mol. The first-order chi connectivity index (χ1) is 8.50. The molecule has 1 rings (SSSR count). The number of aryl methyl sites for hydroxylation is 1. The highest BCUT2D eigenvalue weighted by atomic mass is 31.2. The zero-order valence-electron chi connectivity index (χ0n) is 10.7. The quantitative estimate of drug-likeness (QED) is 0.743. The Balaban J connectivity index is 2.82. The molecule has 18 heavy (non-hydrogen) atoms. The van der Waals surface area contributed by atoms with Crippen molar-refractivity contribution in [1.82, 2.24) is 0 Å². The van der Waals surface area contributed by atoms with Crippen molar-refractivity contribution in [3.63, 3.8) is 0 Å². The van der Waals surface area contributed by atoms with Crippen molar-refractivity contribution in [1.29, 1.82) is 0 Å². The lowest BCUT2D eigenvalue weighted by atomic mass is 10.1. The van der Waals surface area contributed by atoms with Gasteiger partial charge >= 0.3 is 13.8 Å². The first-order valence-corrected chi connectivity index (χ1v) is 7.16. The second-order valence-electron chi connectivity index (χ2n) is 3.53. The molecule has 100 valence electrons. The van der Waals surface area contributed by atoms with Crippen LogP contribution in [0.2, 0.25) is 0 Å². The molecule has 0 amide bonds. The smallest absolute Gasteiger partial charge is 0.367 e. The molecule has 0 fully saturated rings. The Labute approximate surface area is 107 Å². The lowest BCUT2D eigenvalue weighted by molar-refractivity contribution is 0.0605. The van der Waals surface area contributed by atoms with E-state index in [2.05, 4.69) is 0 Å². The number of phosphoric ester groups is 1. The molecular weight excluding hydrogens is 255 g/mol. The van der Waals surface area contributed by atoms with Gasteiger partial charge in [-0.05, 0) is 32.9 Å². The van der Waals surface area contributed by atoms with Gasteiger partial charge < -0.3 is 4.52 Å². The zero-order chi connectivity index (χ0) is 13.6. The number of benzene rings is 1. The van der Waals surface area contributed by atoms with Crippen molar-refractivity contribution in [3.05, 3.63) is 35.4 Å². The van der Waals surface area contributed by atoms with Gasteiger partial charge in [-0.2, -0.15) is 0 Å². The van der Waals surface area contributed by atoms with Gasteiger partial charge in [0.15, 0.2) is 0 Å². The maximum absolute atomic E-state index is 12.0. The molecule has 0 spiro atoms. The number of rotatable bonds is 6. The lowest BCUT2D eigenvalue weighted by Gasteiger charge is -2.15. The third kappa shape index (κ3) is 4.26. The van der Waals surface area contributed by atoms with Crippen molar-refractivity contribution >= 4 is 13.8 Å². The van der Waals surface area contributed by atoms with Crippen molar-refractivity contribution in [2.45, 2.75) is 20.8 Å². The molecule has 0 aromatic heterocycles. The number of hydrogen-bond donors (Lipinski definition) is 0. The standard InChI is InChI=1S/C12H17O5P/c1-4-15-18(14,16-5-2)17-12(13)11-8-6-7-10(3)9-11/h6-9H,4-5H2,1-3H3. The Hall–Kier alpha value is -1.16. The summed E-state index contributed by atoms with van der Waals surface area (Å²) >= 11 is 0. The van der Waals surface area contributed by atoms with Crippen molar-refractivity contribution in [2.24, 2.45) is 0 Å². The topological polar surface area (TPSA) is 61.8 Å². The molecule has 6 heteroatoms. The van der Waals surface area contributed by atoms with E-state index in [0.717, 1.165) is 5.56 Å². The van der Waals surface area contributed by atoms with E-state index >= 15 is 0 Å². The molecule has 1 aromatic carbocycles. The zero-order valence-corrected chi connectivity index (χ0v) is 11.6. The van der Waals surface area contributed by atoms with Gasteiger partial charge in [0.1, 0.15) is 0 Å². The van der Waals surface area contributed by atoms with Gasteiger partial charge in [0.2, 0.25) is 0 Å². The maximum Gasteiger partial charge on any atom is 0.532 e. The first kappa shape index (κ1) is 14.9. The summed E-state index contributed by atoms with van der Waals surface area (Å²) in [5.41, 5.74) is 1.22. The van der Waals surface area contributed by atoms with Crippen LogP contribution in [0.5, 0.6) is 0 Å². The van der Waals surface area contributed by atoms with E-state index in [1.165, 1.54) is 0 Å². The summed E-state index contributed by atoms with van der Waals surface area (Å²) in [7, 11) is -3.81. The van der Waals surface area contributed by atoms with E-state index < -0.39 is 13.8 Å². The van der Waals surface area contributed by atoms with Crippen LogP contribution in [-0.2, 0) is 18.1 Å². The Morgan fingerprint density at radius 3 is 2.33 bits per heavy atom. The molecule has 0 saturated heterocycles. The molecule has 0 radical (unpaired) electrons. The summed E-state index contributed by atoms with van der Waals surface area (Å²) in [6, 6.07) is 6.79. The number of phosphoric acid groups is 1. The van der Waals surface area contributed by atoms with Gasteiger partial charge in [-0.1, -0.05) is 17.7 Å². The molecular formula is C12H17O5P. The van der Waals surface area contributed by atoms with Crippen LogP contribution >= 0.6 is 7.82 Å². The average Bonchev–Trinajstić information content (AvgIpc) is 2.29. The Bertz CT molecular complexity index is 448. The van der Waals surface area contributed by atoms with E-state index in [1.54, 1.807) is 32.0 Å². The van der Waals surface area contributed by atoms with E-state index in [4.69, 9.17) is 13.6 Å². The van der Waals surface area contributed by atoms with Crippen LogP contribution in [0.15, 0.2) is 24.3 Å². The monoisotopic (exact) mass is 272 g/mol. The second kappa shape index (κ2) is 6.69. The van der Waals surface area contributed by atoms with E-state index in [9.17, 15) is 9.36 Å². The van der Waals surface area contributed by atoms with E-state index in [0.29, 0.717) is 5.56 Å². The molecule has 0 aliphatic rings. The van der Waals surface area contributed by atoms with Gasteiger partial charge in [0.25, 0.3) is 0 Å². The Morgan fingerprint density at radius 2 is 1.83 bits per heavy atom. The van der Waals surface area contributed by atoms with Crippen molar-refractivity contribution in [3.8, 4) is 0 Å². The van der Waals surface area contributed by atoms with Crippen LogP contribution in [-0.4, -0.2) is 19.2 Å². The average molecular weight is 272 g/mol. The highest BCUT2D eigenvalue weighted by molar-refractivity contribution is 7.49. The third-order valence-electron chi connectivity index (χ3n) is 2.02. The minimum atomic E-state index is -3.81. The van der Waals surface area contributed by atoms with Gasteiger partial charge in [0, 0.05) is 0 Å². The van der Waals surface area contributed by atoms with Gasteiger partial charge in [-0.15, -0.1) is 0 Å². The molecule has 0 unspecified atom stereocenters. The summed E-state index contributed by atoms with van der Waals surface area (Å²) < 4.78 is 26.6. The normalized spacial score (nSPS) is 11.3. The molecule has 0 N–H and O–H groups in total. The minimum absolute atomic E-state index is 0.137. The molecule has 0 heterocycles. The number of carbonyl (C=O) groups excluding carboxylic acids is 1. The summed E-state index contributed by atoms with van der Waals surface area (Å²) in [4.78, 5) is 11.8. The number of carbonyl (C=O) groups is 1. The van der Waals surface area contributed by atoms with Gasteiger partial charge in [0.05, 0.1) is 18.8 Å². The van der Waals surface area contributed by atoms with Gasteiger partial charge in [-0.3, -0.25) is 9.05 Å². The minimum Gasteiger partial charge on any atom is -0.367 e. The fourth-order valence-corrected chi connectivity index (χ4v) is 2.45. The number of hydrogen-bond acceptors (Lipinski definition) is 5. The Morgan fingerprint density at radius 1 is 1.22 bits per heavy atom. The van der Waals surface area contributed by atoms with Crippen LogP contribution < -0.4 is 0 Å². The summed E-state index contributed by atoms with van der Waals surface area (Å²) in [5.74, 6) is -0.719. The second-order valence-corrected chi connectivity index (χ2v) is 5.12. The SMILES string of the molecule is CCOP(=O)(OCC)OC(=O)c1cccc(C)c1. The van der Waals surface area contributed by atoms with E-state index in [-0.39, 0.29) is 13.2 Å². The lowest BCUT2D eigenvalue weighted by Crippen LogP contribution is -2.07. The molecule has 1 aromatic rings. The first-order valence-electron chi connectivity index (χ1n) is 5.70. The summed E-state index contributed by atoms with van der Waals surface area (Å²) in [6.07, 6.45) is 0. The van der Waals surface area contributed by atoms with Crippen LogP contribution in [0.25, 0.3) is 0 Å². The van der Waals surface area contributed by atoms with Crippen LogP contribution in [0.4, 0.5) is 0 Å². The van der Waals surface area contributed by atoms with Crippen molar-refractivity contribution < 1.29 is 22.9 Å². The largest absolute Gasteiger partial charge is 0.532 e. The highest BCUT2D eigenvalue weighted by Gasteiger charge is 2.30. The Kier molecular flexibility index (Phi) is 5.54. The van der Waals surface area contributed by atoms with Crippen molar-refractivity contribution in [2.75, 3.05) is 13.2 Å². The fourth-order valence-electron chi connectivity index (χ4n) is 1.33. The molecule has 0 aliphatic carbocycles. The molecule has 0 atom stereocenters. The highest BCUT2D eigenvalue weighted by Crippen LogP contribution is 2.49. The maximum atomic E-state index is 12.0. The van der Waals surface area contributed by atoms with Crippen LogP contribution in [0, 0.1) is 6.92 Å². The molecule has 0 aliphatic heterocycles. The molecule has 0 bridgehead atoms. The third-order valence-corrected chi connectivity index (χ3v) is 3.56. The van der Waals surface area contributed by atoms with Gasteiger partial charge in [-0.25, -0.2) is 9.36 Å². The fraction of sp³-hybridized carbons (Fsp3) is 0.417. The predicted octanol–water partition coefficient (Wildman–Crippen LogP) is 3.33. The molecule has 0 saturated carbocycles. The molecule has 5 nitrogen and oxygen atoms in total. The summed E-state index contributed by atoms with van der Waals surface area (Å²) in [5, 5.41) is 0. The van der Waals surface area contributed by atoms with E-state index in [1.807, 2.05) is 13.0 Å². The van der Waals surface area contributed by atoms with Crippen LogP contribution in [0.3, 0.4) is 0 Å². The van der Waals surface area contributed by atoms with Crippen LogP contribution in [0.1, 0.15) is 29.8 Å².